The van der Waals surface area contributed by atoms with Crippen molar-refractivity contribution in [2.24, 2.45) is 0 Å². The van der Waals surface area contributed by atoms with Gasteiger partial charge in [0.2, 0.25) is 0 Å². The van der Waals surface area contributed by atoms with E-state index < -0.39 is 0 Å². The molecule has 0 aliphatic rings. The van der Waals surface area contributed by atoms with Crippen LogP contribution in [0, 0.1) is 6.92 Å². The van der Waals surface area contributed by atoms with Crippen LogP contribution in [0.3, 0.4) is 0 Å². The molecule has 0 aliphatic heterocycles. The monoisotopic (exact) mass is 212 g/mol. The van der Waals surface area contributed by atoms with Gasteiger partial charge in [-0.25, -0.2) is 0 Å². The summed E-state index contributed by atoms with van der Waals surface area (Å²) in [5.74, 6) is 0. The molecule has 0 bridgehead atoms. The maximum absolute atomic E-state index is 2.08. The molecule has 0 saturated carbocycles. The minimum Gasteiger partial charge on any atom is -0.269 e. The summed E-state index contributed by atoms with van der Waals surface area (Å²) in [6, 6.07) is 10.3. The Bertz CT molecular complexity index is 143. The highest BCUT2D eigenvalue weighted by atomic mass is 19.0. The van der Waals surface area contributed by atoms with Crippen LogP contribution in [0.1, 0.15) is 5.56 Å². The molecule has 6 heteroatoms. The lowest BCUT2D eigenvalue weighted by Crippen LogP contribution is -1.62. The van der Waals surface area contributed by atoms with Crippen LogP contribution in [0.5, 0.6) is 0 Å². The Hall–Kier alpha value is -1.20. The van der Waals surface area contributed by atoms with Crippen molar-refractivity contribution < 1.29 is 28.2 Å². The van der Waals surface area contributed by atoms with Crippen molar-refractivity contribution in [3.8, 4) is 0 Å². The molecular weight excluding hydrogens is 198 g/mol. The molecule has 0 heterocycles. The summed E-state index contributed by atoms with van der Waals surface area (Å²) >= 11 is 0. The molecule has 0 fully saturated rings. The molecule has 0 amide bonds. The van der Waals surface area contributed by atoms with E-state index in [1.54, 1.807) is 0 Å². The molecule has 0 N–H and O–H groups in total. The second-order valence-corrected chi connectivity index (χ2v) is 1.65. The van der Waals surface area contributed by atoms with Gasteiger partial charge in [0.25, 0.3) is 0 Å². The Morgan fingerprint density at radius 1 is 0.615 bits per heavy atom. The van der Waals surface area contributed by atoms with Crippen LogP contribution in [-0.4, -0.2) is 0 Å². The molecule has 0 unspecified atom stereocenters. The quantitative estimate of drug-likeness (QED) is 0.580. The fraction of sp³-hybridized carbons (Fsp3) is 0.143. The van der Waals surface area contributed by atoms with Crippen LogP contribution >= 0.6 is 0 Å². The lowest BCUT2D eigenvalue weighted by molar-refractivity contribution is 1.11. The lowest BCUT2D eigenvalue weighted by atomic mass is 10.2. The Balaban J connectivity index is -0.0000000204. The summed E-state index contributed by atoms with van der Waals surface area (Å²) in [5, 5.41) is 0. The molecule has 0 radical (unpaired) electrons. The van der Waals surface area contributed by atoms with Gasteiger partial charge in [-0.05, 0) is 6.92 Å². The normalized spacial score (nSPS) is 4.69. The molecule has 0 atom stereocenters. The van der Waals surface area contributed by atoms with E-state index in [1.165, 1.54) is 5.56 Å². The topological polar surface area (TPSA) is 0 Å². The number of halogens is 6. The number of aryl methyl sites for hydroxylation is 1. The van der Waals surface area contributed by atoms with Gasteiger partial charge in [-0.15, -0.1) is 0 Å². The SMILES string of the molecule is Cc1ccccc1.F.F.F.F.F.F. The molecule has 1 aromatic carbocycles. The van der Waals surface area contributed by atoms with Crippen molar-refractivity contribution >= 4 is 0 Å². The predicted octanol–water partition coefficient (Wildman–Crippen LogP) is 2.91. The van der Waals surface area contributed by atoms with Gasteiger partial charge in [-0.3, -0.25) is 28.2 Å². The van der Waals surface area contributed by atoms with Crippen molar-refractivity contribution in [1.82, 2.24) is 0 Å². The van der Waals surface area contributed by atoms with Gasteiger partial charge in [0.05, 0.1) is 0 Å². The van der Waals surface area contributed by atoms with Gasteiger partial charge >= 0.3 is 0 Å². The zero-order chi connectivity index (χ0) is 5.11. The molecule has 13 heavy (non-hydrogen) atoms. The van der Waals surface area contributed by atoms with Crippen LogP contribution < -0.4 is 0 Å². The highest BCUT2D eigenvalue weighted by molar-refractivity contribution is 5.11. The van der Waals surface area contributed by atoms with E-state index in [2.05, 4.69) is 19.1 Å². The second-order valence-electron chi connectivity index (χ2n) is 1.65. The third kappa shape index (κ3) is 18.1. The average molecular weight is 212 g/mol. The van der Waals surface area contributed by atoms with E-state index in [0.29, 0.717) is 0 Å². The fourth-order valence-electron chi connectivity index (χ4n) is 0.534. The predicted molar refractivity (Wildman–Crippen MR) is 46.2 cm³/mol. The maximum atomic E-state index is 2.08. The fourth-order valence-corrected chi connectivity index (χ4v) is 0.534. The van der Waals surface area contributed by atoms with Gasteiger partial charge in [0, 0.05) is 0 Å². The van der Waals surface area contributed by atoms with Crippen LogP contribution in [-0.2, 0) is 0 Å². The standard InChI is InChI=1S/C7H8.6FH/c1-7-5-3-2-4-6-7;;;;;;/h2-6H,1H3;6*1H. The lowest BCUT2D eigenvalue weighted by Gasteiger charge is -1.82. The van der Waals surface area contributed by atoms with E-state index in [4.69, 9.17) is 0 Å². The zero-order valence-corrected chi connectivity index (χ0v) is 6.84. The smallest absolute Gasteiger partial charge is 0.0398 e. The van der Waals surface area contributed by atoms with E-state index >= 15 is 0 Å². The third-order valence-corrected chi connectivity index (χ3v) is 0.940. The molecule has 0 aliphatic carbocycles. The minimum absolute atomic E-state index is 0. The van der Waals surface area contributed by atoms with E-state index in [9.17, 15) is 0 Å². The first-order valence-corrected chi connectivity index (χ1v) is 2.41. The molecule has 0 saturated heterocycles. The summed E-state index contributed by atoms with van der Waals surface area (Å²) in [5.41, 5.74) is 1.32. The summed E-state index contributed by atoms with van der Waals surface area (Å²) in [7, 11) is 0. The summed E-state index contributed by atoms with van der Waals surface area (Å²) in [4.78, 5) is 0. The molecule has 0 spiro atoms. The van der Waals surface area contributed by atoms with Gasteiger partial charge < -0.3 is 0 Å². The number of benzene rings is 1. The highest BCUT2D eigenvalue weighted by Crippen LogP contribution is 1.92. The number of hydrogen-bond acceptors (Lipinski definition) is 0. The average Bonchev–Trinajstić information content (AvgIpc) is 1.69. The van der Waals surface area contributed by atoms with Crippen molar-refractivity contribution in [2.75, 3.05) is 0 Å². The van der Waals surface area contributed by atoms with Crippen LogP contribution in [0.2, 0.25) is 0 Å². The van der Waals surface area contributed by atoms with E-state index in [-0.39, 0.29) is 28.2 Å². The maximum Gasteiger partial charge on any atom is -0.0398 e. The Labute approximate surface area is 72.2 Å². The van der Waals surface area contributed by atoms with E-state index in [0.717, 1.165) is 0 Å². The van der Waals surface area contributed by atoms with Gasteiger partial charge in [-0.1, -0.05) is 35.9 Å². The largest absolute Gasteiger partial charge is 0.269 e. The molecule has 0 nitrogen and oxygen atoms in total. The third-order valence-electron chi connectivity index (χ3n) is 0.940. The van der Waals surface area contributed by atoms with Crippen LogP contribution in [0.25, 0.3) is 0 Å². The minimum atomic E-state index is 0. The van der Waals surface area contributed by atoms with Crippen molar-refractivity contribution in [2.45, 2.75) is 6.92 Å². The second kappa shape index (κ2) is 22.4. The highest BCUT2D eigenvalue weighted by Gasteiger charge is 1.72. The molecular formula is C7H14F6. The summed E-state index contributed by atoms with van der Waals surface area (Å²) in [6.45, 7) is 2.08. The molecule has 1 aromatic rings. The van der Waals surface area contributed by atoms with Crippen molar-refractivity contribution in [3.63, 3.8) is 0 Å². The molecule has 84 valence electrons. The van der Waals surface area contributed by atoms with Gasteiger partial charge in [0.15, 0.2) is 0 Å². The van der Waals surface area contributed by atoms with Crippen molar-refractivity contribution in [3.05, 3.63) is 35.9 Å². The molecule has 0 aromatic heterocycles. The Morgan fingerprint density at radius 2 is 0.923 bits per heavy atom. The van der Waals surface area contributed by atoms with E-state index in [1.807, 2.05) is 18.2 Å². The van der Waals surface area contributed by atoms with Crippen molar-refractivity contribution in [1.29, 1.82) is 0 Å². The number of hydrogen-bond donors (Lipinski definition) is 0. The van der Waals surface area contributed by atoms with Gasteiger partial charge in [0.1, 0.15) is 0 Å². The van der Waals surface area contributed by atoms with Crippen LogP contribution in [0.15, 0.2) is 30.3 Å². The molecule has 1 rings (SSSR count). The van der Waals surface area contributed by atoms with Gasteiger partial charge in [-0.2, -0.15) is 0 Å². The Kier molecular flexibility index (Phi) is 70.6. The zero-order valence-electron chi connectivity index (χ0n) is 6.84. The first-order valence-electron chi connectivity index (χ1n) is 2.41. The summed E-state index contributed by atoms with van der Waals surface area (Å²) < 4.78 is 0. The summed E-state index contributed by atoms with van der Waals surface area (Å²) in [6.07, 6.45) is 0. The Morgan fingerprint density at radius 3 is 1.08 bits per heavy atom. The van der Waals surface area contributed by atoms with Crippen LogP contribution in [0.4, 0.5) is 28.2 Å². The first kappa shape index (κ1) is 40.9. The number of rotatable bonds is 0. The first-order chi connectivity index (χ1) is 3.39.